The number of esters is 1. The van der Waals surface area contributed by atoms with E-state index in [4.69, 9.17) is 4.74 Å². The molecule has 1 saturated carbocycles. The molecule has 0 amide bonds. The summed E-state index contributed by atoms with van der Waals surface area (Å²) in [5.74, 6) is -3.98. The average Bonchev–Trinajstić information content (AvgIpc) is 3.02. The Bertz CT molecular complexity index is 1500. The fraction of sp³-hybridized carbons (Fsp3) is 0.229. The number of ketones is 1. The number of nitrogens with zero attached hydrogens (tertiary/aromatic N) is 1. The van der Waals surface area contributed by atoms with Crippen molar-refractivity contribution in [2.24, 2.45) is 11.3 Å². The first-order valence-corrected chi connectivity index (χ1v) is 13.5. The normalized spacial score (nSPS) is 25.9. The van der Waals surface area contributed by atoms with Gasteiger partial charge in [0, 0.05) is 17.4 Å². The predicted molar refractivity (Wildman–Crippen MR) is 152 cm³/mol. The highest BCUT2D eigenvalue weighted by Gasteiger charge is 2.67. The van der Waals surface area contributed by atoms with Crippen molar-refractivity contribution in [3.05, 3.63) is 144 Å². The Labute approximate surface area is 234 Å². The number of hydrogen-bond donors (Lipinski definition) is 1. The summed E-state index contributed by atoms with van der Waals surface area (Å²) < 4.78 is 5.63. The number of nitriles is 1. The number of carbonyl (C=O) groups is 2. The Morgan fingerprint density at radius 3 is 1.85 bits per heavy atom. The van der Waals surface area contributed by atoms with Gasteiger partial charge >= 0.3 is 5.97 Å². The first kappa shape index (κ1) is 27.1. The average molecular weight is 530 g/mol. The Morgan fingerprint density at radius 1 is 0.825 bits per heavy atom. The van der Waals surface area contributed by atoms with Gasteiger partial charge in [-0.1, -0.05) is 121 Å². The molecule has 0 saturated heterocycles. The van der Waals surface area contributed by atoms with Gasteiger partial charge in [0.2, 0.25) is 0 Å². The minimum absolute atomic E-state index is 0.0278. The van der Waals surface area contributed by atoms with Crippen LogP contribution >= 0.6 is 0 Å². The number of ether oxygens (including phenoxy) is 1. The molecule has 200 valence electrons. The maximum absolute atomic E-state index is 14.6. The topological polar surface area (TPSA) is 87.4 Å². The number of hydrogen-bond acceptors (Lipinski definition) is 5. The quantitative estimate of drug-likeness (QED) is 0.221. The fourth-order valence-corrected chi connectivity index (χ4v) is 6.42. The van der Waals surface area contributed by atoms with Crippen molar-refractivity contribution < 1.29 is 19.4 Å². The number of Topliss-reactive ketones (excluding diaryl/α,β-unsaturated/α-hetero) is 1. The molecule has 1 aliphatic carbocycles. The molecular formula is C35H31NO4. The molecule has 40 heavy (non-hydrogen) atoms. The van der Waals surface area contributed by atoms with E-state index in [9.17, 15) is 20.0 Å². The van der Waals surface area contributed by atoms with Gasteiger partial charge in [0.25, 0.3) is 0 Å². The molecule has 4 aromatic carbocycles. The van der Waals surface area contributed by atoms with Gasteiger partial charge in [-0.15, -0.1) is 0 Å². The van der Waals surface area contributed by atoms with Crippen molar-refractivity contribution in [1.29, 1.82) is 5.26 Å². The van der Waals surface area contributed by atoms with Crippen molar-refractivity contribution in [3.8, 4) is 6.07 Å². The number of rotatable bonds is 7. The molecule has 4 aromatic rings. The van der Waals surface area contributed by atoms with E-state index < -0.39 is 34.7 Å². The SMILES string of the molecule is CCOC(=O)C1(C#N)C(c2ccccc2)CC(O)(c2ccccc2)C(C(=O)c2ccccc2)C1c1ccccc1. The van der Waals surface area contributed by atoms with Crippen molar-refractivity contribution in [2.75, 3.05) is 6.61 Å². The van der Waals surface area contributed by atoms with Crippen LogP contribution in [0.15, 0.2) is 121 Å². The summed E-state index contributed by atoms with van der Waals surface area (Å²) in [4.78, 5) is 28.7. The lowest BCUT2D eigenvalue weighted by Gasteiger charge is -2.54. The first-order valence-electron chi connectivity index (χ1n) is 13.5. The Kier molecular flexibility index (Phi) is 7.64. The predicted octanol–water partition coefficient (Wildman–Crippen LogP) is 6.42. The van der Waals surface area contributed by atoms with Crippen molar-refractivity contribution >= 4 is 11.8 Å². The van der Waals surface area contributed by atoms with Crippen LogP contribution in [0, 0.1) is 22.7 Å². The molecule has 5 heteroatoms. The molecule has 0 bridgehead atoms. The first-order chi connectivity index (χ1) is 19.5. The zero-order valence-corrected chi connectivity index (χ0v) is 22.3. The van der Waals surface area contributed by atoms with Gasteiger partial charge in [0.15, 0.2) is 11.2 Å². The third kappa shape index (κ3) is 4.51. The summed E-state index contributed by atoms with van der Waals surface area (Å²) in [7, 11) is 0. The number of carbonyl (C=O) groups excluding carboxylic acids is 2. The fourth-order valence-electron chi connectivity index (χ4n) is 6.42. The summed E-state index contributed by atoms with van der Waals surface area (Å²) in [5.41, 5.74) is -1.21. The molecule has 0 aliphatic heterocycles. The summed E-state index contributed by atoms with van der Waals surface area (Å²) >= 11 is 0. The van der Waals surface area contributed by atoms with Gasteiger partial charge in [0.05, 0.1) is 18.6 Å². The molecule has 0 heterocycles. The molecule has 5 nitrogen and oxygen atoms in total. The van der Waals surface area contributed by atoms with Crippen LogP contribution in [0.4, 0.5) is 0 Å². The van der Waals surface area contributed by atoms with E-state index in [2.05, 4.69) is 6.07 Å². The van der Waals surface area contributed by atoms with Gasteiger partial charge in [-0.3, -0.25) is 9.59 Å². The summed E-state index contributed by atoms with van der Waals surface area (Å²) in [5, 5.41) is 23.9. The molecule has 1 fully saturated rings. The minimum atomic E-state index is -1.80. The van der Waals surface area contributed by atoms with Crippen LogP contribution in [-0.2, 0) is 15.1 Å². The van der Waals surface area contributed by atoms with Crippen LogP contribution in [0.1, 0.15) is 52.2 Å². The lowest BCUT2D eigenvalue weighted by molar-refractivity contribution is -0.164. The highest BCUT2D eigenvalue weighted by molar-refractivity contribution is 6.00. The number of benzene rings is 4. The Hall–Kier alpha value is -4.53. The molecule has 0 radical (unpaired) electrons. The summed E-state index contributed by atoms with van der Waals surface area (Å²) in [6.07, 6.45) is -0.0278. The van der Waals surface area contributed by atoms with Gasteiger partial charge in [-0.2, -0.15) is 5.26 Å². The van der Waals surface area contributed by atoms with E-state index in [0.29, 0.717) is 16.7 Å². The number of aliphatic hydroxyl groups is 1. The Balaban J connectivity index is 1.88. The van der Waals surface area contributed by atoms with E-state index in [-0.39, 0.29) is 18.8 Å². The van der Waals surface area contributed by atoms with E-state index in [1.165, 1.54) is 0 Å². The molecule has 5 rings (SSSR count). The van der Waals surface area contributed by atoms with Crippen LogP contribution in [0.3, 0.4) is 0 Å². The second kappa shape index (κ2) is 11.3. The molecular weight excluding hydrogens is 498 g/mol. The maximum Gasteiger partial charge on any atom is 0.327 e. The standard InChI is InChI=1S/C35H31NO4/c1-2-40-33(38)34(24-36)29(25-15-7-3-8-16-25)23-35(39,28-21-13-6-14-22-28)31(30(34)26-17-9-4-10-18-26)32(37)27-19-11-5-12-20-27/h3-22,29-31,39H,2,23H2,1H3. The van der Waals surface area contributed by atoms with Crippen LogP contribution in [0.5, 0.6) is 0 Å². The monoisotopic (exact) mass is 529 g/mol. The zero-order valence-electron chi connectivity index (χ0n) is 22.3. The van der Waals surface area contributed by atoms with Gasteiger partial charge in [-0.05, 0) is 30.0 Å². The van der Waals surface area contributed by atoms with Crippen molar-refractivity contribution in [2.45, 2.75) is 30.8 Å². The van der Waals surface area contributed by atoms with Crippen molar-refractivity contribution in [3.63, 3.8) is 0 Å². The van der Waals surface area contributed by atoms with E-state index >= 15 is 0 Å². The van der Waals surface area contributed by atoms with Crippen LogP contribution in [0.25, 0.3) is 0 Å². The third-order valence-corrected chi connectivity index (χ3v) is 8.18. The molecule has 1 aliphatic rings. The van der Waals surface area contributed by atoms with E-state index in [1.54, 1.807) is 43.3 Å². The highest BCUT2D eigenvalue weighted by atomic mass is 16.5. The molecule has 0 spiro atoms. The molecule has 1 N–H and O–H groups in total. The maximum atomic E-state index is 14.6. The zero-order chi connectivity index (χ0) is 28.2. The van der Waals surface area contributed by atoms with Crippen molar-refractivity contribution in [1.82, 2.24) is 0 Å². The van der Waals surface area contributed by atoms with Crippen LogP contribution in [-0.4, -0.2) is 23.5 Å². The van der Waals surface area contributed by atoms with Gasteiger partial charge in [0.1, 0.15) is 5.60 Å². The second-order valence-electron chi connectivity index (χ2n) is 10.3. The smallest absolute Gasteiger partial charge is 0.327 e. The highest BCUT2D eigenvalue weighted by Crippen LogP contribution is 2.63. The second-order valence-corrected chi connectivity index (χ2v) is 10.3. The molecule has 0 aromatic heterocycles. The summed E-state index contributed by atoms with van der Waals surface area (Å²) in [6.45, 7) is 1.78. The van der Waals surface area contributed by atoms with E-state index in [1.807, 2.05) is 84.9 Å². The van der Waals surface area contributed by atoms with Gasteiger partial charge < -0.3 is 9.84 Å². The minimum Gasteiger partial charge on any atom is -0.465 e. The lowest BCUT2D eigenvalue weighted by Crippen LogP contribution is -2.59. The largest absolute Gasteiger partial charge is 0.465 e. The van der Waals surface area contributed by atoms with Crippen LogP contribution < -0.4 is 0 Å². The summed E-state index contributed by atoms with van der Waals surface area (Å²) in [6, 6.07) is 38.7. The van der Waals surface area contributed by atoms with Gasteiger partial charge in [-0.25, -0.2) is 0 Å². The molecule has 5 atom stereocenters. The van der Waals surface area contributed by atoms with E-state index in [0.717, 1.165) is 5.56 Å². The Morgan fingerprint density at radius 2 is 1.32 bits per heavy atom. The lowest BCUT2D eigenvalue weighted by atomic mass is 9.47. The molecule has 5 unspecified atom stereocenters. The third-order valence-electron chi connectivity index (χ3n) is 8.18. The van der Waals surface area contributed by atoms with Crippen LogP contribution in [0.2, 0.25) is 0 Å².